The van der Waals surface area contributed by atoms with Gasteiger partial charge in [-0.05, 0) is 48.9 Å². The number of fused-ring (bicyclic) bond motifs is 1. The summed E-state index contributed by atoms with van der Waals surface area (Å²) >= 11 is 3.40. The Hall–Kier alpha value is -3.57. The third-order valence-electron chi connectivity index (χ3n) is 6.10. The molecule has 4 rings (SSSR count). The number of benzene rings is 3. The lowest BCUT2D eigenvalue weighted by Gasteiger charge is -2.32. The van der Waals surface area contributed by atoms with Crippen LogP contribution in [0.2, 0.25) is 0 Å². The molecule has 1 N–H and O–H groups in total. The summed E-state index contributed by atoms with van der Waals surface area (Å²) in [5.41, 5.74) is 1.02. The van der Waals surface area contributed by atoms with Gasteiger partial charge in [0.05, 0.1) is 10.6 Å². The van der Waals surface area contributed by atoms with Gasteiger partial charge in [0.2, 0.25) is 11.8 Å². The molecular weight excluding hydrogens is 574 g/mol. The van der Waals surface area contributed by atoms with E-state index in [2.05, 4.69) is 21.2 Å². The molecule has 3 aromatic carbocycles. The maximum Gasteiger partial charge on any atom is 0.264 e. The SMILES string of the molecule is CNC(=O)[C@H](C)N(Cc1ccc(Br)cc1)C(=O)CN(c1ccc2c(c1)OCCO2)S(=O)(=O)c1ccccc1. The number of halogens is 1. The molecule has 11 heteroatoms. The quantitative estimate of drug-likeness (QED) is 0.402. The average Bonchev–Trinajstić information content (AvgIpc) is 2.94. The molecule has 200 valence electrons. The van der Waals surface area contributed by atoms with Crippen LogP contribution in [0.5, 0.6) is 11.5 Å². The van der Waals surface area contributed by atoms with E-state index in [9.17, 15) is 18.0 Å². The van der Waals surface area contributed by atoms with Crippen LogP contribution in [0.1, 0.15) is 12.5 Å². The predicted octanol–water partition coefficient (Wildman–Crippen LogP) is 3.58. The number of nitrogens with one attached hydrogen (secondary N) is 1. The summed E-state index contributed by atoms with van der Waals surface area (Å²) in [6, 6.07) is 19.1. The van der Waals surface area contributed by atoms with Crippen LogP contribution < -0.4 is 19.1 Å². The number of carbonyl (C=O) groups is 2. The van der Waals surface area contributed by atoms with E-state index in [0.29, 0.717) is 24.7 Å². The number of carbonyl (C=O) groups excluding carboxylic acids is 2. The number of anilines is 1. The summed E-state index contributed by atoms with van der Waals surface area (Å²) in [6.07, 6.45) is 0. The van der Waals surface area contributed by atoms with E-state index in [4.69, 9.17) is 9.47 Å². The molecule has 3 aromatic rings. The van der Waals surface area contributed by atoms with Crippen molar-refractivity contribution in [3.05, 3.63) is 82.8 Å². The maximum absolute atomic E-state index is 13.8. The Morgan fingerprint density at radius 1 is 0.974 bits per heavy atom. The molecule has 0 aliphatic carbocycles. The lowest BCUT2D eigenvalue weighted by Crippen LogP contribution is -2.50. The number of amides is 2. The number of hydrogen-bond acceptors (Lipinski definition) is 6. The van der Waals surface area contributed by atoms with Gasteiger partial charge < -0.3 is 19.7 Å². The summed E-state index contributed by atoms with van der Waals surface area (Å²) in [5, 5.41) is 2.57. The zero-order valence-corrected chi connectivity index (χ0v) is 23.4. The van der Waals surface area contributed by atoms with Gasteiger partial charge in [0.25, 0.3) is 10.0 Å². The standard InChI is InChI=1S/C27H28BrN3O6S/c1-19(27(33)29-2)30(17-20-8-10-21(28)11-9-20)26(32)18-31(38(34,35)23-6-4-3-5-7-23)22-12-13-24-25(16-22)37-15-14-36-24/h3-13,16,19H,14-15,17-18H2,1-2H3,(H,29,33)/t19-/m0/s1. The van der Waals surface area contributed by atoms with Crippen molar-refractivity contribution < 1.29 is 27.5 Å². The molecule has 0 unspecified atom stereocenters. The molecule has 0 radical (unpaired) electrons. The molecule has 0 saturated carbocycles. The summed E-state index contributed by atoms with van der Waals surface area (Å²) < 4.78 is 40.8. The van der Waals surface area contributed by atoms with Crippen molar-refractivity contribution in [1.29, 1.82) is 0 Å². The zero-order valence-electron chi connectivity index (χ0n) is 21.0. The van der Waals surface area contributed by atoms with E-state index in [1.807, 2.05) is 24.3 Å². The fourth-order valence-electron chi connectivity index (χ4n) is 4.01. The van der Waals surface area contributed by atoms with Gasteiger partial charge in [-0.25, -0.2) is 8.42 Å². The van der Waals surface area contributed by atoms with Gasteiger partial charge in [-0.15, -0.1) is 0 Å². The van der Waals surface area contributed by atoms with Crippen molar-refractivity contribution in [3.63, 3.8) is 0 Å². The Balaban J connectivity index is 1.73. The second kappa shape index (κ2) is 11.9. The van der Waals surface area contributed by atoms with E-state index in [1.54, 1.807) is 43.3 Å². The topological polar surface area (TPSA) is 105 Å². The molecule has 9 nitrogen and oxygen atoms in total. The van der Waals surface area contributed by atoms with Crippen LogP contribution in [-0.2, 0) is 26.2 Å². The third-order valence-corrected chi connectivity index (χ3v) is 8.42. The van der Waals surface area contributed by atoms with Gasteiger partial charge in [-0.1, -0.05) is 46.3 Å². The Bertz CT molecular complexity index is 1400. The lowest BCUT2D eigenvalue weighted by atomic mass is 10.1. The van der Waals surface area contributed by atoms with Gasteiger partial charge in [0.15, 0.2) is 11.5 Å². The third kappa shape index (κ3) is 6.11. The molecule has 1 aliphatic rings. The van der Waals surface area contributed by atoms with Gasteiger partial charge in [-0.2, -0.15) is 0 Å². The Morgan fingerprint density at radius 2 is 1.63 bits per heavy atom. The minimum Gasteiger partial charge on any atom is -0.486 e. The highest BCUT2D eigenvalue weighted by Gasteiger charge is 2.33. The van der Waals surface area contributed by atoms with Gasteiger partial charge in [-0.3, -0.25) is 13.9 Å². The normalized spacial score (nSPS) is 13.3. The molecule has 0 aromatic heterocycles. The molecule has 1 heterocycles. The molecule has 2 amide bonds. The molecule has 0 bridgehead atoms. The van der Waals surface area contributed by atoms with E-state index in [1.165, 1.54) is 24.1 Å². The first-order valence-corrected chi connectivity index (χ1v) is 14.2. The van der Waals surface area contributed by atoms with Crippen molar-refractivity contribution in [1.82, 2.24) is 10.2 Å². The van der Waals surface area contributed by atoms with Crippen LogP contribution in [-0.4, -0.2) is 58.0 Å². The van der Waals surface area contributed by atoms with Crippen molar-refractivity contribution in [2.24, 2.45) is 0 Å². The summed E-state index contributed by atoms with van der Waals surface area (Å²) in [7, 11) is -2.67. The van der Waals surface area contributed by atoms with Crippen molar-refractivity contribution in [2.75, 3.05) is 31.1 Å². The number of nitrogens with zero attached hydrogens (tertiary/aromatic N) is 2. The van der Waals surface area contributed by atoms with Crippen LogP contribution in [0.4, 0.5) is 5.69 Å². The van der Waals surface area contributed by atoms with E-state index in [0.717, 1.165) is 14.3 Å². The van der Waals surface area contributed by atoms with Crippen molar-refractivity contribution in [3.8, 4) is 11.5 Å². The van der Waals surface area contributed by atoms with Crippen LogP contribution in [0.25, 0.3) is 0 Å². The van der Waals surface area contributed by atoms with Gasteiger partial charge >= 0.3 is 0 Å². The Labute approximate surface area is 230 Å². The van der Waals surface area contributed by atoms with E-state index in [-0.39, 0.29) is 23.0 Å². The molecule has 0 spiro atoms. The molecule has 0 saturated heterocycles. The van der Waals surface area contributed by atoms with Crippen molar-refractivity contribution in [2.45, 2.75) is 24.4 Å². The molecular formula is C27H28BrN3O6S. The summed E-state index contributed by atoms with van der Waals surface area (Å²) in [6.45, 7) is 1.90. The molecule has 0 fully saturated rings. The highest BCUT2D eigenvalue weighted by Crippen LogP contribution is 2.36. The monoisotopic (exact) mass is 601 g/mol. The second-order valence-electron chi connectivity index (χ2n) is 8.59. The number of hydrogen-bond donors (Lipinski definition) is 1. The highest BCUT2D eigenvalue weighted by atomic mass is 79.9. The maximum atomic E-state index is 13.8. The fraction of sp³-hybridized carbons (Fsp3) is 0.259. The number of likely N-dealkylation sites (N-methyl/N-ethyl adjacent to an activating group) is 1. The zero-order chi connectivity index (χ0) is 27.3. The molecule has 38 heavy (non-hydrogen) atoms. The lowest BCUT2D eigenvalue weighted by molar-refractivity contribution is -0.139. The molecule has 1 aliphatic heterocycles. The van der Waals surface area contributed by atoms with Gasteiger partial charge in [0.1, 0.15) is 25.8 Å². The minimum absolute atomic E-state index is 0.0292. The van der Waals surface area contributed by atoms with Crippen LogP contribution in [0.15, 0.2) is 82.2 Å². The number of sulfonamides is 1. The Kier molecular flexibility index (Phi) is 8.58. The van der Waals surface area contributed by atoms with Crippen LogP contribution in [0.3, 0.4) is 0 Å². The summed E-state index contributed by atoms with van der Waals surface area (Å²) in [4.78, 5) is 27.8. The summed E-state index contributed by atoms with van der Waals surface area (Å²) in [5.74, 6) is -0.0286. The highest BCUT2D eigenvalue weighted by molar-refractivity contribution is 9.10. The molecule has 1 atom stereocenters. The Morgan fingerprint density at radius 3 is 2.29 bits per heavy atom. The first kappa shape index (κ1) is 27.5. The first-order valence-electron chi connectivity index (χ1n) is 11.9. The first-order chi connectivity index (χ1) is 18.2. The van der Waals surface area contributed by atoms with Crippen LogP contribution >= 0.6 is 15.9 Å². The second-order valence-corrected chi connectivity index (χ2v) is 11.4. The minimum atomic E-state index is -4.16. The van der Waals surface area contributed by atoms with Crippen LogP contribution in [0, 0.1) is 0 Å². The van der Waals surface area contributed by atoms with E-state index < -0.39 is 28.5 Å². The predicted molar refractivity (Wildman–Crippen MR) is 147 cm³/mol. The average molecular weight is 603 g/mol. The number of rotatable bonds is 9. The smallest absolute Gasteiger partial charge is 0.264 e. The van der Waals surface area contributed by atoms with Gasteiger partial charge in [0, 0.05) is 24.1 Å². The number of ether oxygens (including phenoxy) is 2. The van der Waals surface area contributed by atoms with Crippen molar-refractivity contribution >= 4 is 43.5 Å². The largest absolute Gasteiger partial charge is 0.486 e. The van der Waals surface area contributed by atoms with E-state index >= 15 is 0 Å². The fourth-order valence-corrected chi connectivity index (χ4v) is 5.71.